The van der Waals surface area contributed by atoms with E-state index in [1.165, 1.54) is 30.3 Å². The number of carbonyl (C=O) groups excluding carboxylic acids is 1. The highest BCUT2D eigenvalue weighted by molar-refractivity contribution is 6.31. The quantitative estimate of drug-likeness (QED) is 0.660. The zero-order valence-corrected chi connectivity index (χ0v) is 16.1. The number of alkyl halides is 3. The lowest BCUT2D eigenvalue weighted by atomic mass is 10.1. The monoisotopic (exact) mass is 430 g/mol. The SMILES string of the molecule is O=C(c1cccc(OCC(F)(F)F)c1)N1CCN(Cc2ccc(F)cc2Cl)CC1. The maximum absolute atomic E-state index is 13.2. The van der Waals surface area contributed by atoms with Gasteiger partial charge < -0.3 is 9.64 Å². The molecule has 1 aliphatic rings. The van der Waals surface area contributed by atoms with E-state index in [1.807, 2.05) is 0 Å². The maximum Gasteiger partial charge on any atom is 0.422 e. The van der Waals surface area contributed by atoms with E-state index in [9.17, 15) is 22.4 Å². The van der Waals surface area contributed by atoms with Crippen LogP contribution in [-0.4, -0.2) is 54.7 Å². The molecule has 0 saturated carbocycles. The van der Waals surface area contributed by atoms with Crippen LogP contribution in [0.15, 0.2) is 42.5 Å². The number of halogens is 5. The van der Waals surface area contributed by atoms with Crippen LogP contribution in [0.5, 0.6) is 5.75 Å². The summed E-state index contributed by atoms with van der Waals surface area (Å²) in [6, 6.07) is 10.0. The van der Waals surface area contributed by atoms with Crippen LogP contribution in [-0.2, 0) is 6.54 Å². The van der Waals surface area contributed by atoms with E-state index in [4.69, 9.17) is 16.3 Å². The fraction of sp³-hybridized carbons (Fsp3) is 0.350. The molecule has 3 rings (SSSR count). The molecule has 0 aliphatic carbocycles. The third kappa shape index (κ3) is 6.08. The summed E-state index contributed by atoms with van der Waals surface area (Å²) in [6.45, 7) is 1.27. The lowest BCUT2D eigenvalue weighted by Crippen LogP contribution is -2.48. The largest absolute Gasteiger partial charge is 0.484 e. The van der Waals surface area contributed by atoms with Crippen LogP contribution in [0, 0.1) is 5.82 Å². The summed E-state index contributed by atoms with van der Waals surface area (Å²) in [5, 5.41) is 0.360. The van der Waals surface area contributed by atoms with Crippen molar-refractivity contribution in [3.05, 3.63) is 64.4 Å². The van der Waals surface area contributed by atoms with Crippen molar-refractivity contribution in [2.24, 2.45) is 0 Å². The summed E-state index contributed by atoms with van der Waals surface area (Å²) in [5.41, 5.74) is 1.09. The van der Waals surface area contributed by atoms with E-state index in [0.29, 0.717) is 37.7 Å². The Balaban J connectivity index is 1.56. The first kappa shape index (κ1) is 21.4. The maximum atomic E-state index is 13.2. The molecule has 0 aromatic heterocycles. The number of amides is 1. The highest BCUT2D eigenvalue weighted by atomic mass is 35.5. The Bertz CT molecular complexity index is 868. The zero-order chi connectivity index (χ0) is 21.0. The molecule has 1 fully saturated rings. The van der Waals surface area contributed by atoms with Gasteiger partial charge in [0.1, 0.15) is 11.6 Å². The summed E-state index contributed by atoms with van der Waals surface area (Å²) in [4.78, 5) is 16.4. The van der Waals surface area contributed by atoms with E-state index in [-0.39, 0.29) is 17.2 Å². The molecule has 0 bridgehead atoms. The zero-order valence-electron chi connectivity index (χ0n) is 15.4. The second-order valence-corrected chi connectivity index (χ2v) is 7.14. The van der Waals surface area contributed by atoms with Gasteiger partial charge in [-0.05, 0) is 35.9 Å². The topological polar surface area (TPSA) is 32.8 Å². The molecule has 0 radical (unpaired) electrons. The molecular weight excluding hydrogens is 412 g/mol. The number of hydrogen-bond donors (Lipinski definition) is 0. The van der Waals surface area contributed by atoms with Crippen molar-refractivity contribution in [2.75, 3.05) is 32.8 Å². The molecule has 0 atom stereocenters. The van der Waals surface area contributed by atoms with Gasteiger partial charge in [-0.1, -0.05) is 23.7 Å². The van der Waals surface area contributed by atoms with Crippen molar-refractivity contribution in [1.82, 2.24) is 9.80 Å². The Hall–Kier alpha value is -2.32. The summed E-state index contributed by atoms with van der Waals surface area (Å²) >= 11 is 6.06. The molecule has 1 heterocycles. The smallest absolute Gasteiger partial charge is 0.422 e. The van der Waals surface area contributed by atoms with Gasteiger partial charge in [0.15, 0.2) is 6.61 Å². The first-order valence-electron chi connectivity index (χ1n) is 8.96. The molecule has 0 unspecified atom stereocenters. The van der Waals surface area contributed by atoms with Crippen LogP contribution in [0.2, 0.25) is 5.02 Å². The molecule has 4 nitrogen and oxygen atoms in total. The molecule has 29 heavy (non-hydrogen) atoms. The molecule has 1 amide bonds. The van der Waals surface area contributed by atoms with Crippen LogP contribution in [0.25, 0.3) is 0 Å². The lowest BCUT2D eigenvalue weighted by Gasteiger charge is -2.35. The Kier molecular flexibility index (Phi) is 6.64. The van der Waals surface area contributed by atoms with E-state index in [2.05, 4.69) is 4.90 Å². The highest BCUT2D eigenvalue weighted by Crippen LogP contribution is 2.22. The lowest BCUT2D eigenvalue weighted by molar-refractivity contribution is -0.153. The van der Waals surface area contributed by atoms with Crippen molar-refractivity contribution in [1.29, 1.82) is 0 Å². The van der Waals surface area contributed by atoms with Crippen molar-refractivity contribution in [3.63, 3.8) is 0 Å². The molecular formula is C20H19ClF4N2O2. The van der Waals surface area contributed by atoms with E-state index in [1.54, 1.807) is 17.0 Å². The molecule has 1 saturated heterocycles. The van der Waals surface area contributed by atoms with Crippen LogP contribution >= 0.6 is 11.6 Å². The minimum Gasteiger partial charge on any atom is -0.484 e. The predicted octanol–water partition coefficient (Wildman–Crippen LogP) is 4.38. The van der Waals surface area contributed by atoms with Gasteiger partial charge in [0.25, 0.3) is 5.91 Å². The molecule has 156 valence electrons. The van der Waals surface area contributed by atoms with E-state index >= 15 is 0 Å². The average molecular weight is 431 g/mol. The Labute approximate surface area is 170 Å². The van der Waals surface area contributed by atoms with Crippen LogP contribution in [0.4, 0.5) is 17.6 Å². The van der Waals surface area contributed by atoms with Gasteiger partial charge in [0.05, 0.1) is 0 Å². The number of benzene rings is 2. The van der Waals surface area contributed by atoms with Crippen molar-refractivity contribution in [2.45, 2.75) is 12.7 Å². The van der Waals surface area contributed by atoms with Gasteiger partial charge >= 0.3 is 6.18 Å². The molecule has 0 N–H and O–H groups in total. The third-order valence-corrected chi connectivity index (χ3v) is 4.90. The van der Waals surface area contributed by atoms with Crippen molar-refractivity contribution in [3.8, 4) is 5.75 Å². The Morgan fingerprint density at radius 3 is 2.45 bits per heavy atom. The highest BCUT2D eigenvalue weighted by Gasteiger charge is 2.28. The normalized spacial score (nSPS) is 15.4. The second kappa shape index (κ2) is 9.00. The van der Waals surface area contributed by atoms with Gasteiger partial charge in [-0.15, -0.1) is 0 Å². The molecule has 0 spiro atoms. The number of ether oxygens (including phenoxy) is 1. The summed E-state index contributed by atoms with van der Waals surface area (Å²) in [7, 11) is 0. The van der Waals surface area contributed by atoms with Crippen molar-refractivity contribution >= 4 is 17.5 Å². The van der Waals surface area contributed by atoms with Gasteiger partial charge in [0, 0.05) is 43.3 Å². The molecule has 2 aromatic rings. The van der Waals surface area contributed by atoms with Gasteiger partial charge in [-0.25, -0.2) is 4.39 Å². The summed E-state index contributed by atoms with van der Waals surface area (Å²) < 4.78 is 54.8. The first-order chi connectivity index (χ1) is 13.7. The number of piperazine rings is 1. The third-order valence-electron chi connectivity index (χ3n) is 4.55. The van der Waals surface area contributed by atoms with E-state index in [0.717, 1.165) is 5.56 Å². The minimum absolute atomic E-state index is 0.00207. The fourth-order valence-corrected chi connectivity index (χ4v) is 3.29. The molecule has 2 aromatic carbocycles. The minimum atomic E-state index is -4.44. The fourth-order valence-electron chi connectivity index (χ4n) is 3.07. The number of carbonyl (C=O) groups is 1. The van der Waals surface area contributed by atoms with Crippen LogP contribution in [0.3, 0.4) is 0 Å². The van der Waals surface area contributed by atoms with Crippen molar-refractivity contribution < 1.29 is 27.1 Å². The first-order valence-corrected chi connectivity index (χ1v) is 9.34. The summed E-state index contributed by atoms with van der Waals surface area (Å²) in [6.07, 6.45) is -4.44. The van der Waals surface area contributed by atoms with Gasteiger partial charge in [-0.2, -0.15) is 13.2 Å². The Morgan fingerprint density at radius 1 is 1.07 bits per heavy atom. The second-order valence-electron chi connectivity index (χ2n) is 6.74. The van der Waals surface area contributed by atoms with Crippen LogP contribution < -0.4 is 4.74 Å². The predicted molar refractivity (Wildman–Crippen MR) is 101 cm³/mol. The van der Waals surface area contributed by atoms with Crippen LogP contribution in [0.1, 0.15) is 15.9 Å². The van der Waals surface area contributed by atoms with Gasteiger partial charge in [0.2, 0.25) is 0 Å². The average Bonchev–Trinajstić information content (AvgIpc) is 2.68. The summed E-state index contributed by atoms with van der Waals surface area (Å²) in [5.74, 6) is -0.657. The Morgan fingerprint density at radius 2 is 1.79 bits per heavy atom. The molecule has 1 aliphatic heterocycles. The standard InChI is InChI=1S/C20H19ClF4N2O2/c21-18-11-16(22)5-4-15(18)12-26-6-8-27(9-7-26)19(28)14-2-1-3-17(10-14)29-13-20(23,24)25/h1-5,10-11H,6-9,12-13H2. The number of nitrogens with zero attached hydrogens (tertiary/aromatic N) is 2. The molecule has 9 heteroatoms. The van der Waals surface area contributed by atoms with E-state index < -0.39 is 18.6 Å². The van der Waals surface area contributed by atoms with Gasteiger partial charge in [-0.3, -0.25) is 9.69 Å². The number of rotatable bonds is 5. The number of hydrogen-bond acceptors (Lipinski definition) is 3.